The lowest BCUT2D eigenvalue weighted by Gasteiger charge is -2.17. The summed E-state index contributed by atoms with van der Waals surface area (Å²) in [4.78, 5) is 14.4. The van der Waals surface area contributed by atoms with E-state index in [1.165, 1.54) is 0 Å². The molecule has 4 nitrogen and oxygen atoms in total. The van der Waals surface area contributed by atoms with E-state index in [2.05, 4.69) is 18.7 Å². The second-order valence-corrected chi connectivity index (χ2v) is 5.13. The second-order valence-electron chi connectivity index (χ2n) is 3.99. The van der Waals surface area contributed by atoms with E-state index >= 15 is 0 Å². The van der Waals surface area contributed by atoms with Crippen LogP contribution in [-0.2, 0) is 0 Å². The molecular weight excluding hydrogens is 246 g/mol. The largest absolute Gasteiger partial charge is 0.398 e. The Morgan fingerprint density at radius 1 is 1.33 bits per heavy atom. The van der Waals surface area contributed by atoms with E-state index in [-0.39, 0.29) is 0 Å². The van der Waals surface area contributed by atoms with Crippen molar-refractivity contribution in [3.05, 3.63) is 23.8 Å². The average Bonchev–Trinajstić information content (AvgIpc) is 2.36. The monoisotopic (exact) mass is 267 g/mol. The van der Waals surface area contributed by atoms with E-state index < -0.39 is 5.91 Å². The molecule has 0 heterocycles. The predicted molar refractivity (Wildman–Crippen MR) is 77.9 cm³/mol. The maximum atomic E-state index is 11.1. The minimum absolute atomic E-state index is 0.416. The van der Waals surface area contributed by atoms with Gasteiger partial charge in [0.2, 0.25) is 5.91 Å². The van der Waals surface area contributed by atoms with Gasteiger partial charge in [-0.2, -0.15) is 0 Å². The molecule has 1 rings (SSSR count). The fourth-order valence-electron chi connectivity index (χ4n) is 1.64. The summed E-state index contributed by atoms with van der Waals surface area (Å²) >= 11 is 1.66. The van der Waals surface area contributed by atoms with E-state index in [9.17, 15) is 4.79 Å². The summed E-state index contributed by atoms with van der Waals surface area (Å²) in [5, 5.41) is 0. The maximum absolute atomic E-state index is 11.1. The van der Waals surface area contributed by atoms with Crippen LogP contribution in [0, 0.1) is 0 Å². The fourth-order valence-corrected chi connectivity index (χ4v) is 2.65. The Labute approximate surface area is 113 Å². The van der Waals surface area contributed by atoms with E-state index in [0.717, 1.165) is 30.3 Å². The molecule has 0 fully saturated rings. The predicted octanol–water partition coefficient (Wildman–Crippen LogP) is 1.80. The summed E-state index contributed by atoms with van der Waals surface area (Å²) in [5.41, 5.74) is 12.3. The van der Waals surface area contributed by atoms with Crippen molar-refractivity contribution in [3.8, 4) is 0 Å². The van der Waals surface area contributed by atoms with Crippen molar-refractivity contribution < 1.29 is 4.79 Å². The summed E-state index contributed by atoms with van der Waals surface area (Å²) < 4.78 is 0. The van der Waals surface area contributed by atoms with Crippen LogP contribution in [0.3, 0.4) is 0 Å². The second kappa shape index (κ2) is 7.28. The Hall–Kier alpha value is -1.20. The smallest absolute Gasteiger partial charge is 0.248 e. The maximum Gasteiger partial charge on any atom is 0.248 e. The van der Waals surface area contributed by atoms with Crippen molar-refractivity contribution in [2.45, 2.75) is 18.7 Å². The van der Waals surface area contributed by atoms with Gasteiger partial charge in [-0.05, 0) is 31.3 Å². The van der Waals surface area contributed by atoms with Gasteiger partial charge >= 0.3 is 0 Å². The molecular formula is C13H21N3OS. The molecule has 0 aliphatic heterocycles. The molecule has 4 N–H and O–H groups in total. The topological polar surface area (TPSA) is 72.3 Å². The SMILES string of the molecule is CCN(CC)CCSc1cc(C(N)=O)ccc1N. The first-order chi connectivity index (χ1) is 8.58. The van der Waals surface area contributed by atoms with Crippen LogP contribution in [0.25, 0.3) is 0 Å². The van der Waals surface area contributed by atoms with Crippen LogP contribution in [0.5, 0.6) is 0 Å². The summed E-state index contributed by atoms with van der Waals surface area (Å²) in [5.74, 6) is 0.536. The lowest BCUT2D eigenvalue weighted by molar-refractivity contribution is 0.1000. The number of hydrogen-bond acceptors (Lipinski definition) is 4. The van der Waals surface area contributed by atoms with Gasteiger partial charge in [0.15, 0.2) is 0 Å². The molecule has 18 heavy (non-hydrogen) atoms. The summed E-state index contributed by atoms with van der Waals surface area (Å²) in [6.07, 6.45) is 0. The molecule has 0 aromatic heterocycles. The number of nitrogen functional groups attached to an aromatic ring is 1. The molecule has 0 bridgehead atoms. The highest BCUT2D eigenvalue weighted by molar-refractivity contribution is 7.99. The highest BCUT2D eigenvalue weighted by Crippen LogP contribution is 2.26. The molecule has 1 aromatic carbocycles. The molecule has 5 heteroatoms. The minimum Gasteiger partial charge on any atom is -0.398 e. The third-order valence-corrected chi connectivity index (χ3v) is 3.91. The highest BCUT2D eigenvalue weighted by atomic mass is 32.2. The van der Waals surface area contributed by atoms with Gasteiger partial charge in [0, 0.05) is 28.4 Å². The van der Waals surface area contributed by atoms with Crippen molar-refractivity contribution in [2.24, 2.45) is 5.73 Å². The number of nitrogens with zero attached hydrogens (tertiary/aromatic N) is 1. The van der Waals surface area contributed by atoms with E-state index in [4.69, 9.17) is 11.5 Å². The average molecular weight is 267 g/mol. The number of anilines is 1. The summed E-state index contributed by atoms with van der Waals surface area (Å²) in [6.45, 7) is 7.41. The van der Waals surface area contributed by atoms with Gasteiger partial charge < -0.3 is 16.4 Å². The number of rotatable bonds is 7. The molecule has 0 aliphatic carbocycles. The zero-order valence-corrected chi connectivity index (χ0v) is 11.8. The van der Waals surface area contributed by atoms with Gasteiger partial charge in [-0.15, -0.1) is 11.8 Å². The molecule has 0 spiro atoms. The number of carbonyl (C=O) groups excluding carboxylic acids is 1. The highest BCUT2D eigenvalue weighted by Gasteiger charge is 2.06. The summed E-state index contributed by atoms with van der Waals surface area (Å²) in [7, 11) is 0. The number of primary amides is 1. The van der Waals surface area contributed by atoms with Gasteiger partial charge in [-0.1, -0.05) is 13.8 Å². The van der Waals surface area contributed by atoms with Crippen LogP contribution in [0.2, 0.25) is 0 Å². The molecule has 0 aliphatic rings. The number of thioether (sulfide) groups is 1. The molecule has 0 saturated heterocycles. The van der Waals surface area contributed by atoms with Crippen LogP contribution in [0.1, 0.15) is 24.2 Å². The van der Waals surface area contributed by atoms with Crippen molar-refractivity contribution in [3.63, 3.8) is 0 Å². The van der Waals surface area contributed by atoms with Crippen molar-refractivity contribution >= 4 is 23.4 Å². The molecule has 1 aromatic rings. The Bertz CT molecular complexity index is 405. The molecule has 0 radical (unpaired) electrons. The Balaban J connectivity index is 2.61. The van der Waals surface area contributed by atoms with Crippen LogP contribution in [-0.4, -0.2) is 36.2 Å². The zero-order valence-electron chi connectivity index (χ0n) is 11.0. The lowest BCUT2D eigenvalue weighted by Crippen LogP contribution is -2.25. The first kappa shape index (κ1) is 14.9. The number of carbonyl (C=O) groups is 1. The quantitative estimate of drug-likeness (QED) is 0.583. The van der Waals surface area contributed by atoms with Crippen LogP contribution in [0.4, 0.5) is 5.69 Å². The third kappa shape index (κ3) is 4.23. The van der Waals surface area contributed by atoms with Gasteiger partial charge in [0.05, 0.1) is 0 Å². The van der Waals surface area contributed by atoms with Gasteiger partial charge in [0.1, 0.15) is 0 Å². The van der Waals surface area contributed by atoms with Crippen molar-refractivity contribution in [1.82, 2.24) is 4.90 Å². The molecule has 0 saturated carbocycles. The van der Waals surface area contributed by atoms with Gasteiger partial charge in [0.25, 0.3) is 0 Å². The van der Waals surface area contributed by atoms with Crippen LogP contribution in [0.15, 0.2) is 23.1 Å². The molecule has 0 atom stereocenters. The van der Waals surface area contributed by atoms with Crippen molar-refractivity contribution in [2.75, 3.05) is 31.1 Å². The first-order valence-electron chi connectivity index (χ1n) is 6.13. The number of hydrogen-bond donors (Lipinski definition) is 2. The first-order valence-corrected chi connectivity index (χ1v) is 7.11. The number of nitrogens with two attached hydrogens (primary N) is 2. The van der Waals surface area contributed by atoms with E-state index in [0.29, 0.717) is 11.3 Å². The molecule has 0 unspecified atom stereocenters. The fraction of sp³-hybridized carbons (Fsp3) is 0.462. The Morgan fingerprint density at radius 3 is 2.56 bits per heavy atom. The number of amides is 1. The lowest BCUT2D eigenvalue weighted by atomic mass is 10.2. The Kier molecular flexibility index (Phi) is 6.01. The van der Waals surface area contributed by atoms with Crippen LogP contribution < -0.4 is 11.5 Å². The Morgan fingerprint density at radius 2 is 2.00 bits per heavy atom. The standard InChI is InChI=1S/C13H21N3OS/c1-3-16(4-2)7-8-18-12-9-10(13(15)17)5-6-11(12)14/h5-6,9H,3-4,7-8,14H2,1-2H3,(H2,15,17). The van der Waals surface area contributed by atoms with Crippen molar-refractivity contribution in [1.29, 1.82) is 0 Å². The molecule has 1 amide bonds. The van der Waals surface area contributed by atoms with E-state index in [1.807, 2.05) is 0 Å². The number of benzene rings is 1. The zero-order chi connectivity index (χ0) is 13.5. The minimum atomic E-state index is -0.416. The van der Waals surface area contributed by atoms with Gasteiger partial charge in [-0.25, -0.2) is 0 Å². The van der Waals surface area contributed by atoms with Crippen LogP contribution >= 0.6 is 11.8 Å². The van der Waals surface area contributed by atoms with E-state index in [1.54, 1.807) is 30.0 Å². The van der Waals surface area contributed by atoms with Gasteiger partial charge in [-0.3, -0.25) is 4.79 Å². The third-order valence-electron chi connectivity index (χ3n) is 2.86. The molecule has 100 valence electrons. The normalized spacial score (nSPS) is 10.8. The summed E-state index contributed by atoms with van der Waals surface area (Å²) in [6, 6.07) is 5.16.